The first kappa shape index (κ1) is 30.4. The number of aromatic nitrogens is 1. The summed E-state index contributed by atoms with van der Waals surface area (Å²) >= 11 is 17.8. The standard InChI is InChI=1S/C35H26BrCl2N3O6/c1-17-14-19(8-13-25(17)42)28-21-11-12-22-27(23(21)15-34(37)32(45)40(16-36)33(46)35(28,34)38)31(44)41(30(22)43)20-9-6-18(7-10-20)29-39-24-4-2-3-5-26(24)47-29/h2-11,13-14,22-23,27-28,42H,12,15-16H2,1H3/t22-,23+,27-,28-,34+,35-/m0/s1. The molecule has 0 radical (unpaired) electrons. The van der Waals surface area contributed by atoms with Crippen LogP contribution in [0, 0.1) is 24.7 Å². The summed E-state index contributed by atoms with van der Waals surface area (Å²) in [7, 11) is 0. The number of para-hydroxylation sites is 2. The highest BCUT2D eigenvalue weighted by molar-refractivity contribution is 9.09. The highest BCUT2D eigenvalue weighted by Gasteiger charge is 2.76. The van der Waals surface area contributed by atoms with Gasteiger partial charge in [-0.3, -0.25) is 29.0 Å². The minimum Gasteiger partial charge on any atom is -0.508 e. The number of hydrogen-bond donors (Lipinski definition) is 1. The Balaban J connectivity index is 1.19. The van der Waals surface area contributed by atoms with Gasteiger partial charge in [0.05, 0.1) is 23.0 Å². The zero-order chi connectivity index (χ0) is 33.0. The molecule has 4 aliphatic rings. The normalized spacial score (nSPS) is 30.1. The van der Waals surface area contributed by atoms with Gasteiger partial charge in [0.2, 0.25) is 17.7 Å². The maximum atomic E-state index is 14.3. The average Bonchev–Trinajstić information content (AvgIpc) is 3.65. The Morgan fingerprint density at radius 1 is 0.979 bits per heavy atom. The lowest BCUT2D eigenvalue weighted by atomic mass is 9.56. The van der Waals surface area contributed by atoms with Crippen molar-refractivity contribution in [1.82, 2.24) is 9.88 Å². The van der Waals surface area contributed by atoms with Crippen LogP contribution in [-0.4, -0.2) is 53.8 Å². The third kappa shape index (κ3) is 4.04. The molecule has 1 saturated carbocycles. The van der Waals surface area contributed by atoms with Gasteiger partial charge in [0.25, 0.3) is 11.8 Å². The maximum Gasteiger partial charge on any atom is 0.254 e. The van der Waals surface area contributed by atoms with E-state index in [9.17, 15) is 24.3 Å². The number of benzene rings is 3. The molecule has 8 rings (SSSR count). The first-order valence-corrected chi connectivity index (χ1v) is 17.0. The number of likely N-dealkylation sites (tertiary alicyclic amines) is 1. The number of alkyl halides is 3. The molecule has 12 heteroatoms. The van der Waals surface area contributed by atoms with Gasteiger partial charge < -0.3 is 9.52 Å². The van der Waals surface area contributed by atoms with Crippen LogP contribution < -0.4 is 4.90 Å². The SMILES string of the molecule is Cc1cc([C@H]2C3=CC[C@@H]4C(=O)N(c5ccc(-c6nc7ccccc7o6)cc5)C(=O)[C@@H]4[C@@H]3C[C@@]3(Cl)C(=O)N(CBr)C(=O)[C@@]23Cl)ccc1O. The number of phenols is 1. The molecule has 3 fully saturated rings. The molecule has 2 saturated heterocycles. The van der Waals surface area contributed by atoms with Crippen molar-refractivity contribution in [1.29, 1.82) is 0 Å². The molecule has 0 unspecified atom stereocenters. The summed E-state index contributed by atoms with van der Waals surface area (Å²) in [6, 6.07) is 19.2. The molecule has 9 nitrogen and oxygen atoms in total. The van der Waals surface area contributed by atoms with Gasteiger partial charge in [-0.25, -0.2) is 4.98 Å². The van der Waals surface area contributed by atoms with Crippen LogP contribution in [0.1, 0.15) is 29.9 Å². The van der Waals surface area contributed by atoms with Crippen molar-refractivity contribution in [2.24, 2.45) is 17.8 Å². The summed E-state index contributed by atoms with van der Waals surface area (Å²) < 4.78 is 5.88. The van der Waals surface area contributed by atoms with E-state index < -0.39 is 51.1 Å². The highest BCUT2D eigenvalue weighted by atomic mass is 79.9. The third-order valence-electron chi connectivity index (χ3n) is 10.2. The quantitative estimate of drug-likeness (QED) is 0.111. The predicted molar refractivity (Wildman–Crippen MR) is 178 cm³/mol. The molecule has 4 amide bonds. The molecule has 4 aromatic rings. The van der Waals surface area contributed by atoms with Crippen molar-refractivity contribution >= 4 is 79.5 Å². The monoisotopic (exact) mass is 733 g/mol. The predicted octanol–water partition coefficient (Wildman–Crippen LogP) is 6.42. The average molecular weight is 735 g/mol. The number of rotatable bonds is 4. The number of nitrogens with zero attached hydrogens (tertiary/aromatic N) is 3. The summed E-state index contributed by atoms with van der Waals surface area (Å²) in [6.07, 6.45) is 2.04. The van der Waals surface area contributed by atoms with Crippen molar-refractivity contribution in [2.45, 2.75) is 35.4 Å². The lowest BCUT2D eigenvalue weighted by molar-refractivity contribution is -0.138. The number of carbonyl (C=O) groups excluding carboxylic acids is 4. The minimum absolute atomic E-state index is 0.0600. The van der Waals surface area contributed by atoms with Crippen molar-refractivity contribution in [3.05, 3.63) is 89.5 Å². The Morgan fingerprint density at radius 2 is 1.72 bits per heavy atom. The fraction of sp³-hybridized carbons (Fsp3) is 0.286. The van der Waals surface area contributed by atoms with E-state index in [0.29, 0.717) is 39.4 Å². The van der Waals surface area contributed by atoms with E-state index in [1.165, 1.54) is 11.0 Å². The van der Waals surface area contributed by atoms with Gasteiger partial charge >= 0.3 is 0 Å². The van der Waals surface area contributed by atoms with E-state index in [4.69, 9.17) is 27.6 Å². The van der Waals surface area contributed by atoms with E-state index in [1.54, 1.807) is 43.3 Å². The summed E-state index contributed by atoms with van der Waals surface area (Å²) in [5.74, 6) is -4.60. The Bertz CT molecular complexity index is 2050. The molecular weight excluding hydrogens is 709 g/mol. The number of aromatic hydroxyl groups is 1. The minimum atomic E-state index is -1.90. The highest BCUT2D eigenvalue weighted by Crippen LogP contribution is 2.65. The second-order valence-corrected chi connectivity index (χ2v) is 14.3. The molecule has 1 aromatic heterocycles. The molecule has 2 aliphatic heterocycles. The number of phenolic OH excluding ortho intramolecular Hbond substituents is 1. The number of carbonyl (C=O) groups is 4. The Labute approximate surface area is 287 Å². The Morgan fingerprint density at radius 3 is 2.43 bits per heavy atom. The van der Waals surface area contributed by atoms with Crippen molar-refractivity contribution in [3.63, 3.8) is 0 Å². The molecule has 47 heavy (non-hydrogen) atoms. The van der Waals surface area contributed by atoms with Gasteiger partial charge in [-0.05, 0) is 79.3 Å². The lowest BCUT2D eigenvalue weighted by Crippen LogP contribution is -2.60. The first-order chi connectivity index (χ1) is 22.5. The van der Waals surface area contributed by atoms with Gasteiger partial charge in [0.15, 0.2) is 15.3 Å². The van der Waals surface area contributed by atoms with Crippen LogP contribution in [0.15, 0.2) is 82.8 Å². The number of imide groups is 2. The molecule has 0 spiro atoms. The smallest absolute Gasteiger partial charge is 0.254 e. The van der Waals surface area contributed by atoms with Crippen LogP contribution in [0.4, 0.5) is 5.69 Å². The molecule has 0 bridgehead atoms. The first-order valence-electron chi connectivity index (χ1n) is 15.1. The van der Waals surface area contributed by atoms with Gasteiger partial charge in [-0.15, -0.1) is 23.2 Å². The summed E-state index contributed by atoms with van der Waals surface area (Å²) in [4.78, 5) is 59.0. The Kier molecular flexibility index (Phi) is 6.78. The Hall–Kier alpha value is -3.99. The number of fused-ring (bicyclic) bond motifs is 5. The molecule has 3 aromatic carbocycles. The number of aryl methyl sites for hydroxylation is 1. The summed E-state index contributed by atoms with van der Waals surface area (Å²) in [5, 5.41) is 10.3. The molecule has 238 valence electrons. The summed E-state index contributed by atoms with van der Waals surface area (Å²) in [6.45, 7) is 1.72. The van der Waals surface area contributed by atoms with Crippen molar-refractivity contribution in [2.75, 3.05) is 10.4 Å². The zero-order valence-electron chi connectivity index (χ0n) is 24.8. The van der Waals surface area contributed by atoms with Crippen LogP contribution in [-0.2, 0) is 19.2 Å². The van der Waals surface area contributed by atoms with Crippen LogP contribution in [0.25, 0.3) is 22.6 Å². The van der Waals surface area contributed by atoms with E-state index in [2.05, 4.69) is 20.9 Å². The number of amides is 4. The van der Waals surface area contributed by atoms with Gasteiger partial charge in [0.1, 0.15) is 11.3 Å². The maximum absolute atomic E-state index is 14.3. The van der Waals surface area contributed by atoms with E-state index >= 15 is 0 Å². The topological polar surface area (TPSA) is 121 Å². The zero-order valence-corrected chi connectivity index (χ0v) is 27.9. The van der Waals surface area contributed by atoms with Crippen molar-refractivity contribution in [3.8, 4) is 17.2 Å². The van der Waals surface area contributed by atoms with Gasteiger partial charge in [-0.1, -0.05) is 51.8 Å². The number of anilines is 1. The molecule has 3 heterocycles. The fourth-order valence-corrected chi connectivity index (χ4v) is 9.41. The van der Waals surface area contributed by atoms with E-state index in [0.717, 1.165) is 10.4 Å². The van der Waals surface area contributed by atoms with Crippen LogP contribution in [0.3, 0.4) is 0 Å². The van der Waals surface area contributed by atoms with Gasteiger partial charge in [-0.2, -0.15) is 0 Å². The van der Waals surface area contributed by atoms with Gasteiger partial charge in [0, 0.05) is 11.5 Å². The van der Waals surface area contributed by atoms with Crippen LogP contribution >= 0.6 is 39.1 Å². The summed E-state index contributed by atoms with van der Waals surface area (Å²) in [5.41, 5.74) is 4.18. The van der Waals surface area contributed by atoms with E-state index in [1.807, 2.05) is 30.3 Å². The molecule has 1 N–H and O–H groups in total. The second-order valence-electron chi connectivity index (χ2n) is 12.6. The number of oxazole rings is 1. The van der Waals surface area contributed by atoms with Crippen molar-refractivity contribution < 1.29 is 28.7 Å². The number of allylic oxidation sites excluding steroid dienone is 2. The second kappa shape index (κ2) is 10.5. The third-order valence-corrected chi connectivity index (χ3v) is 12.2. The lowest BCUT2D eigenvalue weighted by Gasteiger charge is -2.50. The molecule has 6 atom stereocenters. The number of hydrogen-bond acceptors (Lipinski definition) is 7. The molecular formula is C35H26BrCl2N3O6. The van der Waals surface area contributed by atoms with Crippen LogP contribution in [0.5, 0.6) is 5.75 Å². The largest absolute Gasteiger partial charge is 0.508 e. The van der Waals surface area contributed by atoms with Crippen LogP contribution in [0.2, 0.25) is 0 Å². The molecule has 2 aliphatic carbocycles. The van der Waals surface area contributed by atoms with E-state index in [-0.39, 0.29) is 30.0 Å². The fourth-order valence-electron chi connectivity index (χ4n) is 7.99. The number of halogens is 3.